The average Bonchev–Trinajstić information content (AvgIpc) is 2.81. The van der Waals surface area contributed by atoms with Gasteiger partial charge in [-0.05, 0) is 47.2 Å². The number of aliphatic hydroxyl groups is 1. The lowest BCUT2D eigenvalue weighted by atomic mass is 9.84. The summed E-state index contributed by atoms with van der Waals surface area (Å²) in [6, 6.07) is 26.0. The van der Waals surface area contributed by atoms with Crippen molar-refractivity contribution in [3.05, 3.63) is 84.4 Å². The fraction of sp³-hybridized carbons (Fsp3) is 0.269. The quantitative estimate of drug-likeness (QED) is 0.483. The molecule has 0 radical (unpaired) electrons. The van der Waals surface area contributed by atoms with E-state index in [0.717, 1.165) is 35.1 Å². The number of ether oxygens (including phenoxy) is 1. The molecule has 0 amide bonds. The summed E-state index contributed by atoms with van der Waals surface area (Å²) in [5.41, 5.74) is 4.64. The molecule has 3 heteroatoms. The van der Waals surface area contributed by atoms with Crippen LogP contribution in [0.1, 0.15) is 37.0 Å². The van der Waals surface area contributed by atoms with E-state index >= 15 is 0 Å². The number of carbonyl (C=O) groups is 1. The van der Waals surface area contributed by atoms with E-state index in [0.29, 0.717) is 5.56 Å². The Hall–Kier alpha value is -2.91. The van der Waals surface area contributed by atoms with Gasteiger partial charge in [-0.3, -0.25) is 0 Å². The number of hydrogen-bond acceptors (Lipinski definition) is 3. The van der Waals surface area contributed by atoms with Gasteiger partial charge in [-0.15, -0.1) is 0 Å². The van der Waals surface area contributed by atoms with Crippen molar-refractivity contribution in [3.8, 4) is 22.3 Å². The van der Waals surface area contributed by atoms with E-state index < -0.39 is 0 Å². The van der Waals surface area contributed by atoms with Gasteiger partial charge in [0.1, 0.15) is 0 Å². The maximum atomic E-state index is 12.5. The fourth-order valence-electron chi connectivity index (χ4n) is 3.42. The van der Waals surface area contributed by atoms with Crippen molar-refractivity contribution in [1.82, 2.24) is 0 Å². The van der Waals surface area contributed by atoms with E-state index in [9.17, 15) is 9.90 Å². The number of aliphatic hydroxyl groups excluding tert-OH is 1. The zero-order chi connectivity index (χ0) is 20.7. The lowest BCUT2D eigenvalue weighted by molar-refractivity contribution is 0.00668. The molecule has 150 valence electrons. The molecule has 0 atom stereocenters. The van der Waals surface area contributed by atoms with Crippen molar-refractivity contribution < 1.29 is 14.6 Å². The van der Waals surface area contributed by atoms with Crippen LogP contribution in [0.3, 0.4) is 0 Å². The third-order valence-corrected chi connectivity index (χ3v) is 5.79. The van der Waals surface area contributed by atoms with E-state index in [1.165, 1.54) is 0 Å². The van der Waals surface area contributed by atoms with Crippen LogP contribution < -0.4 is 0 Å². The van der Waals surface area contributed by atoms with Crippen LogP contribution in [-0.4, -0.2) is 24.3 Å². The summed E-state index contributed by atoms with van der Waals surface area (Å²) in [6.45, 7) is 4.26. The lowest BCUT2D eigenvalue weighted by Gasteiger charge is -2.28. The molecule has 3 rings (SSSR count). The van der Waals surface area contributed by atoms with E-state index in [-0.39, 0.29) is 24.6 Å². The second-order valence-corrected chi connectivity index (χ2v) is 7.43. The van der Waals surface area contributed by atoms with Gasteiger partial charge < -0.3 is 9.84 Å². The lowest BCUT2D eigenvalue weighted by Crippen LogP contribution is -2.31. The van der Waals surface area contributed by atoms with Crippen molar-refractivity contribution in [2.24, 2.45) is 5.41 Å². The highest BCUT2D eigenvalue weighted by molar-refractivity contribution is 5.91. The first-order valence-corrected chi connectivity index (χ1v) is 10.2. The first kappa shape index (κ1) is 20.8. The Morgan fingerprint density at radius 3 is 1.83 bits per heavy atom. The molecule has 1 N–H and O–H groups in total. The minimum Gasteiger partial charge on any atom is -0.461 e. The standard InChI is InChI=1S/C26H28O3/c1-3-26(4-2,18-27)19-29-25(28)22-16-14-21(15-17-22)24-13-9-8-12-23(24)20-10-6-5-7-11-20/h5-17,27H,3-4,18-19H2,1-2H3. The Balaban J connectivity index is 1.79. The number of hydrogen-bond donors (Lipinski definition) is 1. The summed E-state index contributed by atoms with van der Waals surface area (Å²) in [6.07, 6.45) is 1.53. The molecule has 0 aliphatic rings. The number of benzene rings is 3. The molecule has 3 nitrogen and oxygen atoms in total. The second-order valence-electron chi connectivity index (χ2n) is 7.43. The van der Waals surface area contributed by atoms with E-state index in [1.54, 1.807) is 12.1 Å². The Kier molecular flexibility index (Phi) is 6.84. The molecule has 0 fully saturated rings. The first-order chi connectivity index (χ1) is 14.1. The van der Waals surface area contributed by atoms with E-state index in [2.05, 4.69) is 24.3 Å². The van der Waals surface area contributed by atoms with Crippen molar-refractivity contribution >= 4 is 5.97 Å². The zero-order valence-corrected chi connectivity index (χ0v) is 17.1. The van der Waals surface area contributed by atoms with Crippen LogP contribution in [0.25, 0.3) is 22.3 Å². The van der Waals surface area contributed by atoms with Gasteiger partial charge in [-0.2, -0.15) is 0 Å². The molecule has 0 unspecified atom stereocenters. The molecular formula is C26H28O3. The molecule has 29 heavy (non-hydrogen) atoms. The minimum atomic E-state index is -0.357. The molecule has 0 saturated heterocycles. The van der Waals surface area contributed by atoms with Crippen LogP contribution >= 0.6 is 0 Å². The molecule has 0 heterocycles. The topological polar surface area (TPSA) is 46.5 Å². The molecule has 3 aromatic rings. The van der Waals surface area contributed by atoms with Crippen molar-refractivity contribution in [2.45, 2.75) is 26.7 Å². The van der Waals surface area contributed by atoms with Crippen LogP contribution in [0.15, 0.2) is 78.9 Å². The normalized spacial score (nSPS) is 11.3. The molecule has 3 aromatic carbocycles. The SMILES string of the molecule is CCC(CC)(CO)COC(=O)c1ccc(-c2ccccc2-c2ccccc2)cc1. The van der Waals surface area contributed by atoms with Gasteiger partial charge >= 0.3 is 5.97 Å². The summed E-state index contributed by atoms with van der Waals surface area (Å²) in [4.78, 5) is 12.5. The molecule has 0 bridgehead atoms. The predicted octanol–water partition coefficient (Wildman–Crippen LogP) is 5.98. The van der Waals surface area contributed by atoms with Gasteiger partial charge in [0.2, 0.25) is 0 Å². The molecule has 0 saturated carbocycles. The average molecular weight is 389 g/mol. The number of carbonyl (C=O) groups excluding carboxylic acids is 1. The van der Waals surface area contributed by atoms with Crippen molar-refractivity contribution in [1.29, 1.82) is 0 Å². The van der Waals surface area contributed by atoms with Crippen molar-refractivity contribution in [3.63, 3.8) is 0 Å². The molecule has 0 aliphatic carbocycles. The fourth-order valence-corrected chi connectivity index (χ4v) is 3.42. The predicted molar refractivity (Wildman–Crippen MR) is 118 cm³/mol. The van der Waals surface area contributed by atoms with Gasteiger partial charge in [0.15, 0.2) is 0 Å². The Bertz CT molecular complexity index is 917. The van der Waals surface area contributed by atoms with Crippen LogP contribution in [0.2, 0.25) is 0 Å². The van der Waals surface area contributed by atoms with Crippen molar-refractivity contribution in [2.75, 3.05) is 13.2 Å². The van der Waals surface area contributed by atoms with Crippen LogP contribution in [0, 0.1) is 5.41 Å². The molecule has 0 spiro atoms. The maximum Gasteiger partial charge on any atom is 0.338 e. The molecule has 0 aromatic heterocycles. The summed E-state index contributed by atoms with van der Waals surface area (Å²) >= 11 is 0. The number of rotatable bonds is 8. The van der Waals surface area contributed by atoms with E-state index in [1.807, 2.05) is 56.3 Å². The summed E-state index contributed by atoms with van der Waals surface area (Å²) in [5.74, 6) is -0.354. The summed E-state index contributed by atoms with van der Waals surface area (Å²) in [5, 5.41) is 9.65. The van der Waals surface area contributed by atoms with Crippen LogP contribution in [0.5, 0.6) is 0 Å². The third kappa shape index (κ3) is 4.75. The second kappa shape index (κ2) is 9.53. The summed E-state index contributed by atoms with van der Waals surface area (Å²) in [7, 11) is 0. The highest BCUT2D eigenvalue weighted by atomic mass is 16.5. The molecular weight excluding hydrogens is 360 g/mol. The largest absolute Gasteiger partial charge is 0.461 e. The highest BCUT2D eigenvalue weighted by Crippen LogP contribution is 2.32. The number of esters is 1. The first-order valence-electron chi connectivity index (χ1n) is 10.2. The van der Waals surface area contributed by atoms with Gasteiger partial charge in [0, 0.05) is 5.41 Å². The third-order valence-electron chi connectivity index (χ3n) is 5.79. The Morgan fingerprint density at radius 2 is 1.31 bits per heavy atom. The molecule has 0 aliphatic heterocycles. The van der Waals surface area contributed by atoms with Gasteiger partial charge in [-0.1, -0.05) is 80.6 Å². The zero-order valence-electron chi connectivity index (χ0n) is 17.1. The summed E-state index contributed by atoms with van der Waals surface area (Å²) < 4.78 is 5.51. The van der Waals surface area contributed by atoms with Crippen LogP contribution in [0.4, 0.5) is 0 Å². The van der Waals surface area contributed by atoms with E-state index in [4.69, 9.17) is 4.74 Å². The Labute approximate surface area is 173 Å². The smallest absolute Gasteiger partial charge is 0.338 e. The monoisotopic (exact) mass is 388 g/mol. The highest BCUT2D eigenvalue weighted by Gasteiger charge is 2.27. The van der Waals surface area contributed by atoms with Gasteiger partial charge in [0.25, 0.3) is 0 Å². The van der Waals surface area contributed by atoms with Crippen LogP contribution in [-0.2, 0) is 4.74 Å². The minimum absolute atomic E-state index is 0.0164. The van der Waals surface area contributed by atoms with Gasteiger partial charge in [-0.25, -0.2) is 4.79 Å². The Morgan fingerprint density at radius 1 is 0.793 bits per heavy atom. The maximum absolute atomic E-state index is 12.5. The van der Waals surface area contributed by atoms with Gasteiger partial charge in [0.05, 0.1) is 18.8 Å².